The van der Waals surface area contributed by atoms with Gasteiger partial charge < -0.3 is 11.5 Å². The van der Waals surface area contributed by atoms with Crippen molar-refractivity contribution in [3.8, 4) is 5.69 Å². The largest absolute Gasteiger partial charge is 0.381 e. The smallest absolute Gasteiger partial charge is 0.248 e. The zero-order chi connectivity index (χ0) is 11.7. The van der Waals surface area contributed by atoms with Gasteiger partial charge in [0, 0.05) is 11.8 Å². The molecule has 0 aliphatic carbocycles. The summed E-state index contributed by atoms with van der Waals surface area (Å²) < 4.78 is 2.34. The number of hydrogen-bond donors (Lipinski definition) is 2. The Labute approximate surface area is 100 Å². The number of halogens is 1. The van der Waals surface area contributed by atoms with E-state index in [4.69, 9.17) is 11.5 Å². The van der Waals surface area contributed by atoms with Gasteiger partial charge in [0.2, 0.25) is 5.91 Å². The number of hydrogen-bond acceptors (Lipinski definition) is 3. The van der Waals surface area contributed by atoms with Gasteiger partial charge in [-0.05, 0) is 40.2 Å². The van der Waals surface area contributed by atoms with Crippen LogP contribution in [0.3, 0.4) is 0 Å². The SMILES string of the molecule is NC(=O)c1ccc(-n2cc(Br)c(N)n2)cc1. The first kappa shape index (κ1) is 10.7. The minimum atomic E-state index is -0.451. The van der Waals surface area contributed by atoms with Crippen molar-refractivity contribution in [3.63, 3.8) is 0 Å². The van der Waals surface area contributed by atoms with E-state index in [0.717, 1.165) is 10.2 Å². The molecule has 0 fully saturated rings. The topological polar surface area (TPSA) is 86.9 Å². The van der Waals surface area contributed by atoms with Crippen molar-refractivity contribution < 1.29 is 4.79 Å². The minimum absolute atomic E-state index is 0.416. The molecule has 0 saturated heterocycles. The monoisotopic (exact) mass is 280 g/mol. The van der Waals surface area contributed by atoms with Crippen molar-refractivity contribution >= 4 is 27.7 Å². The van der Waals surface area contributed by atoms with Crippen molar-refractivity contribution in [2.75, 3.05) is 5.73 Å². The molecule has 4 N–H and O–H groups in total. The number of carbonyl (C=O) groups excluding carboxylic acids is 1. The molecule has 6 heteroatoms. The van der Waals surface area contributed by atoms with E-state index in [1.54, 1.807) is 35.1 Å². The summed E-state index contributed by atoms with van der Waals surface area (Å²) in [5, 5.41) is 4.09. The Morgan fingerprint density at radius 2 is 1.94 bits per heavy atom. The normalized spacial score (nSPS) is 10.3. The van der Waals surface area contributed by atoms with Gasteiger partial charge in [-0.1, -0.05) is 0 Å². The average Bonchev–Trinajstić information content (AvgIpc) is 2.59. The van der Waals surface area contributed by atoms with Crippen LogP contribution in [0.25, 0.3) is 5.69 Å². The van der Waals surface area contributed by atoms with Gasteiger partial charge in [0.05, 0.1) is 10.2 Å². The van der Waals surface area contributed by atoms with Crippen LogP contribution in [0.15, 0.2) is 34.9 Å². The molecule has 0 atom stereocenters. The summed E-state index contributed by atoms with van der Waals surface area (Å²) in [5.41, 5.74) is 12.0. The fraction of sp³-hybridized carbons (Fsp3) is 0. The summed E-state index contributed by atoms with van der Waals surface area (Å²) in [6.07, 6.45) is 1.74. The van der Waals surface area contributed by atoms with Crippen LogP contribution in [0.5, 0.6) is 0 Å². The third-order valence-corrected chi connectivity index (χ3v) is 2.72. The molecule has 5 nitrogen and oxygen atoms in total. The highest BCUT2D eigenvalue weighted by molar-refractivity contribution is 9.10. The highest BCUT2D eigenvalue weighted by Crippen LogP contribution is 2.19. The number of rotatable bonds is 2. The molecule has 0 radical (unpaired) electrons. The molecule has 1 amide bonds. The summed E-state index contributed by atoms with van der Waals surface area (Å²) in [5.74, 6) is -0.0355. The lowest BCUT2D eigenvalue weighted by Crippen LogP contribution is -2.10. The first-order chi connectivity index (χ1) is 7.58. The van der Waals surface area contributed by atoms with Gasteiger partial charge in [-0.2, -0.15) is 0 Å². The molecule has 2 rings (SSSR count). The van der Waals surface area contributed by atoms with E-state index in [9.17, 15) is 4.79 Å². The maximum atomic E-state index is 10.9. The third-order valence-electron chi connectivity index (χ3n) is 2.11. The van der Waals surface area contributed by atoms with E-state index in [-0.39, 0.29) is 0 Å². The van der Waals surface area contributed by atoms with E-state index in [1.807, 2.05) is 0 Å². The zero-order valence-corrected chi connectivity index (χ0v) is 9.81. The van der Waals surface area contributed by atoms with Gasteiger partial charge in [0.1, 0.15) is 0 Å². The van der Waals surface area contributed by atoms with Gasteiger partial charge in [0.15, 0.2) is 5.82 Å². The summed E-state index contributed by atoms with van der Waals surface area (Å²) in [6, 6.07) is 6.78. The summed E-state index contributed by atoms with van der Waals surface area (Å²) in [6.45, 7) is 0. The quantitative estimate of drug-likeness (QED) is 0.870. The minimum Gasteiger partial charge on any atom is -0.381 e. The maximum absolute atomic E-state index is 10.9. The highest BCUT2D eigenvalue weighted by atomic mass is 79.9. The first-order valence-corrected chi connectivity index (χ1v) is 5.28. The Balaban J connectivity index is 2.38. The van der Waals surface area contributed by atoms with E-state index in [1.165, 1.54) is 0 Å². The van der Waals surface area contributed by atoms with E-state index < -0.39 is 5.91 Å². The van der Waals surface area contributed by atoms with Crippen molar-refractivity contribution in [3.05, 3.63) is 40.5 Å². The number of aromatic nitrogens is 2. The Morgan fingerprint density at radius 1 is 1.31 bits per heavy atom. The molecule has 1 aromatic carbocycles. The summed E-state index contributed by atoms with van der Waals surface area (Å²) in [7, 11) is 0. The van der Waals surface area contributed by atoms with Gasteiger partial charge >= 0.3 is 0 Å². The standard InChI is InChI=1S/C10H9BrN4O/c11-8-5-15(14-9(8)12)7-3-1-6(2-4-7)10(13)16/h1-5H,(H2,12,14)(H2,13,16). The number of nitrogens with two attached hydrogens (primary N) is 2. The number of nitrogens with zero attached hydrogens (tertiary/aromatic N) is 2. The second-order valence-electron chi connectivity index (χ2n) is 3.22. The van der Waals surface area contributed by atoms with Crippen LogP contribution in [0, 0.1) is 0 Å². The molecule has 0 aliphatic rings. The van der Waals surface area contributed by atoms with E-state index >= 15 is 0 Å². The van der Waals surface area contributed by atoms with Crippen LogP contribution < -0.4 is 11.5 Å². The molecular formula is C10H9BrN4O. The lowest BCUT2D eigenvalue weighted by atomic mass is 10.2. The molecule has 0 saturated carbocycles. The summed E-state index contributed by atoms with van der Waals surface area (Å²) in [4.78, 5) is 10.9. The van der Waals surface area contributed by atoms with E-state index in [0.29, 0.717) is 11.4 Å². The van der Waals surface area contributed by atoms with Crippen LogP contribution in [0.2, 0.25) is 0 Å². The molecule has 0 spiro atoms. The predicted octanol–water partition coefficient (Wildman–Crippen LogP) is 1.32. The van der Waals surface area contributed by atoms with Crippen LogP contribution in [0.4, 0.5) is 5.82 Å². The number of carbonyl (C=O) groups is 1. The van der Waals surface area contributed by atoms with Gasteiger partial charge in [0.25, 0.3) is 0 Å². The Hall–Kier alpha value is -1.82. The second-order valence-corrected chi connectivity index (χ2v) is 4.07. The van der Waals surface area contributed by atoms with Crippen LogP contribution in [0.1, 0.15) is 10.4 Å². The van der Waals surface area contributed by atoms with Crippen molar-refractivity contribution in [2.24, 2.45) is 5.73 Å². The van der Waals surface area contributed by atoms with Crippen LogP contribution >= 0.6 is 15.9 Å². The fourth-order valence-electron chi connectivity index (χ4n) is 1.28. The van der Waals surface area contributed by atoms with Gasteiger partial charge in [-0.25, -0.2) is 4.68 Å². The molecule has 0 bridgehead atoms. The molecule has 1 aromatic heterocycles. The molecular weight excluding hydrogens is 272 g/mol. The molecule has 0 aliphatic heterocycles. The Morgan fingerprint density at radius 3 is 2.38 bits per heavy atom. The lowest BCUT2D eigenvalue weighted by Gasteiger charge is -2.01. The molecule has 2 aromatic rings. The molecule has 82 valence electrons. The molecule has 0 unspecified atom stereocenters. The van der Waals surface area contributed by atoms with Crippen LogP contribution in [-0.2, 0) is 0 Å². The van der Waals surface area contributed by atoms with Gasteiger partial charge in [-0.3, -0.25) is 4.79 Å². The van der Waals surface area contributed by atoms with Crippen molar-refractivity contribution in [1.29, 1.82) is 0 Å². The number of primary amides is 1. The molecule has 16 heavy (non-hydrogen) atoms. The zero-order valence-electron chi connectivity index (χ0n) is 8.22. The fourth-order valence-corrected chi connectivity index (χ4v) is 1.55. The number of benzene rings is 1. The summed E-state index contributed by atoms with van der Waals surface area (Å²) >= 11 is 3.27. The van der Waals surface area contributed by atoms with E-state index in [2.05, 4.69) is 21.0 Å². The molecule has 1 heterocycles. The maximum Gasteiger partial charge on any atom is 0.248 e. The second kappa shape index (κ2) is 3.97. The lowest BCUT2D eigenvalue weighted by molar-refractivity contribution is 0.100. The first-order valence-electron chi connectivity index (χ1n) is 4.49. The number of anilines is 1. The van der Waals surface area contributed by atoms with Crippen molar-refractivity contribution in [1.82, 2.24) is 9.78 Å². The average molecular weight is 281 g/mol. The predicted molar refractivity (Wildman–Crippen MR) is 64.2 cm³/mol. The Bertz CT molecular complexity index is 513. The highest BCUT2D eigenvalue weighted by Gasteiger charge is 2.05. The van der Waals surface area contributed by atoms with Crippen LogP contribution in [-0.4, -0.2) is 15.7 Å². The third kappa shape index (κ3) is 1.92. The van der Waals surface area contributed by atoms with Crippen molar-refractivity contribution in [2.45, 2.75) is 0 Å². The number of nitrogen functional groups attached to an aromatic ring is 1. The van der Waals surface area contributed by atoms with Gasteiger partial charge in [-0.15, -0.1) is 5.10 Å². The Kier molecular flexibility index (Phi) is 2.66. The number of amides is 1.